The number of carbonyl (C=O) groups excluding carboxylic acids is 1. The summed E-state index contributed by atoms with van der Waals surface area (Å²) in [6.45, 7) is 6.52. The predicted molar refractivity (Wildman–Crippen MR) is 145 cm³/mol. The normalized spacial score (nSPS) is 11.4. The van der Waals surface area contributed by atoms with E-state index in [1.54, 1.807) is 0 Å². The smallest absolute Gasteiger partial charge is 0.313 e. The molecule has 0 aromatic heterocycles. The summed E-state index contributed by atoms with van der Waals surface area (Å²) in [6, 6.07) is 0. The molecular weight excluding hydrogens is 631 g/mol. The zero-order valence-corrected chi connectivity index (χ0v) is 25.2. The monoisotopic (exact) mass is 670 g/mol. The molecule has 1 aromatic rings. The zero-order chi connectivity index (χ0) is 32.3. The summed E-state index contributed by atoms with van der Waals surface area (Å²) in [5.41, 5.74) is 0. The van der Waals surface area contributed by atoms with Crippen LogP contribution in [0.5, 0.6) is 5.75 Å². The van der Waals surface area contributed by atoms with Crippen LogP contribution >= 0.6 is 11.6 Å². The summed E-state index contributed by atoms with van der Waals surface area (Å²) < 4.78 is 118. The van der Waals surface area contributed by atoms with Gasteiger partial charge in [0, 0.05) is 5.88 Å². The summed E-state index contributed by atoms with van der Waals surface area (Å²) in [5, 5.41) is 0. The van der Waals surface area contributed by atoms with Crippen LogP contribution in [0.3, 0.4) is 0 Å². The van der Waals surface area contributed by atoms with Crippen LogP contribution in [-0.2, 0) is 47.4 Å². The molecule has 0 saturated heterocycles. The molecule has 0 radical (unpaired) electrons. The quantitative estimate of drug-likeness (QED) is 0.0229. The van der Waals surface area contributed by atoms with E-state index in [4.69, 9.17) is 54.2 Å². The molecule has 0 atom stereocenters. The van der Waals surface area contributed by atoms with Crippen LogP contribution in [0.1, 0.15) is 6.42 Å². The molecule has 44 heavy (non-hydrogen) atoms. The molecule has 1 aromatic carbocycles. The van der Waals surface area contributed by atoms with Gasteiger partial charge in [-0.25, -0.2) is 13.2 Å². The third-order valence-corrected chi connectivity index (χ3v) is 5.19. The molecule has 1 rings (SSSR count). The van der Waals surface area contributed by atoms with Crippen molar-refractivity contribution in [3.8, 4) is 5.75 Å². The summed E-state index contributed by atoms with van der Waals surface area (Å²) >= 11 is 5.49. The number of rotatable bonds is 30. The number of benzene rings is 1. The van der Waals surface area contributed by atoms with E-state index in [9.17, 15) is 26.7 Å². The largest absolute Gasteiger partial charge is 0.420 e. The number of alkyl halides is 1. The van der Waals surface area contributed by atoms with Crippen LogP contribution < -0.4 is 4.74 Å². The summed E-state index contributed by atoms with van der Waals surface area (Å²) in [6.07, 6.45) is -0.484. The van der Waals surface area contributed by atoms with E-state index in [1.807, 2.05) is 0 Å². The lowest BCUT2D eigenvalue weighted by molar-refractivity contribution is -0.136. The van der Waals surface area contributed by atoms with Crippen molar-refractivity contribution in [3.05, 3.63) is 29.1 Å². The van der Waals surface area contributed by atoms with E-state index in [1.165, 1.54) is 0 Å². The van der Waals surface area contributed by atoms with Crippen LogP contribution in [0.15, 0.2) is 0 Å². The van der Waals surface area contributed by atoms with E-state index in [2.05, 4.69) is 4.74 Å². The second-order valence-electron chi connectivity index (χ2n) is 8.32. The topological polar surface area (TPSA) is 109 Å². The molecular formula is C27H40ClF5O11. The van der Waals surface area contributed by atoms with E-state index in [0.29, 0.717) is 98.4 Å². The summed E-state index contributed by atoms with van der Waals surface area (Å²) in [7, 11) is 0. The number of carbonyl (C=O) groups is 1. The number of hydrogen-bond acceptors (Lipinski definition) is 11. The first kappa shape index (κ1) is 40.3. The van der Waals surface area contributed by atoms with Crippen molar-refractivity contribution in [2.24, 2.45) is 0 Å². The Morgan fingerprint density at radius 3 is 0.955 bits per heavy atom. The highest BCUT2D eigenvalue weighted by Gasteiger charge is 2.28. The molecule has 0 aliphatic carbocycles. The molecule has 0 heterocycles. The highest BCUT2D eigenvalue weighted by atomic mass is 35.5. The lowest BCUT2D eigenvalue weighted by Crippen LogP contribution is -2.16. The van der Waals surface area contributed by atoms with Gasteiger partial charge in [0.1, 0.15) is 0 Å². The molecule has 0 saturated carbocycles. The Morgan fingerprint density at radius 1 is 0.409 bits per heavy atom. The molecule has 0 spiro atoms. The SMILES string of the molecule is O=C(CCOCCOCCOCCOCCOCCOCCOCCOCCOCCCl)Oc1c(F)c(F)c(F)c(F)c1F. The summed E-state index contributed by atoms with van der Waals surface area (Å²) in [4.78, 5) is 11.6. The van der Waals surface area contributed by atoms with Gasteiger partial charge in [0.15, 0.2) is 0 Å². The Morgan fingerprint density at radius 2 is 0.659 bits per heavy atom. The van der Waals surface area contributed by atoms with Gasteiger partial charge in [-0.1, -0.05) is 0 Å². The number of esters is 1. The van der Waals surface area contributed by atoms with Crippen molar-refractivity contribution in [3.63, 3.8) is 0 Å². The number of halogens is 6. The zero-order valence-electron chi connectivity index (χ0n) is 24.4. The van der Waals surface area contributed by atoms with Gasteiger partial charge >= 0.3 is 5.97 Å². The first-order valence-corrected chi connectivity index (χ1v) is 14.4. The molecule has 256 valence electrons. The van der Waals surface area contributed by atoms with Crippen molar-refractivity contribution in [1.29, 1.82) is 0 Å². The predicted octanol–water partition coefficient (Wildman–Crippen LogP) is 3.07. The lowest BCUT2D eigenvalue weighted by Gasteiger charge is -2.09. The van der Waals surface area contributed by atoms with Gasteiger partial charge in [0.25, 0.3) is 0 Å². The maximum atomic E-state index is 13.5. The van der Waals surface area contributed by atoms with E-state index in [0.717, 1.165) is 0 Å². The van der Waals surface area contributed by atoms with E-state index >= 15 is 0 Å². The van der Waals surface area contributed by atoms with Crippen molar-refractivity contribution in [2.75, 3.05) is 125 Å². The fourth-order valence-corrected chi connectivity index (χ4v) is 3.02. The fourth-order valence-electron chi connectivity index (χ4n) is 2.91. The maximum Gasteiger partial charge on any atom is 0.313 e. The highest BCUT2D eigenvalue weighted by Crippen LogP contribution is 2.29. The van der Waals surface area contributed by atoms with Crippen LogP contribution in [-0.4, -0.2) is 131 Å². The van der Waals surface area contributed by atoms with Gasteiger partial charge in [-0.15, -0.1) is 11.6 Å². The van der Waals surface area contributed by atoms with Gasteiger partial charge < -0.3 is 47.4 Å². The second-order valence-corrected chi connectivity index (χ2v) is 8.70. The van der Waals surface area contributed by atoms with Crippen molar-refractivity contribution < 1.29 is 74.1 Å². The molecule has 0 N–H and O–H groups in total. The third-order valence-electron chi connectivity index (χ3n) is 5.03. The minimum absolute atomic E-state index is 0.0834. The van der Waals surface area contributed by atoms with Crippen LogP contribution in [0.4, 0.5) is 22.0 Å². The average Bonchev–Trinajstić information content (AvgIpc) is 3.02. The van der Waals surface area contributed by atoms with Gasteiger partial charge in [-0.3, -0.25) is 4.79 Å². The molecule has 0 bridgehead atoms. The molecule has 0 aliphatic rings. The van der Waals surface area contributed by atoms with Crippen molar-refractivity contribution in [1.82, 2.24) is 0 Å². The number of hydrogen-bond donors (Lipinski definition) is 0. The Bertz CT molecular complexity index is 860. The van der Waals surface area contributed by atoms with Gasteiger partial charge in [0.2, 0.25) is 34.8 Å². The lowest BCUT2D eigenvalue weighted by atomic mass is 10.2. The minimum Gasteiger partial charge on any atom is -0.420 e. The van der Waals surface area contributed by atoms with Crippen LogP contribution in [0.25, 0.3) is 0 Å². The Kier molecular flexibility index (Phi) is 25.2. The van der Waals surface area contributed by atoms with Crippen molar-refractivity contribution >= 4 is 17.6 Å². The Hall–Kier alpha value is -1.73. The number of ether oxygens (including phenoxy) is 10. The minimum atomic E-state index is -2.35. The molecule has 0 aliphatic heterocycles. The van der Waals surface area contributed by atoms with Gasteiger partial charge in [-0.05, 0) is 0 Å². The molecule has 17 heteroatoms. The second kappa shape index (κ2) is 27.6. The van der Waals surface area contributed by atoms with E-state index in [-0.39, 0.29) is 26.4 Å². The average molecular weight is 671 g/mol. The summed E-state index contributed by atoms with van der Waals surface area (Å²) in [5.74, 6) is -13.7. The molecule has 0 amide bonds. The first-order chi connectivity index (χ1) is 21.4. The maximum absolute atomic E-state index is 13.5. The van der Waals surface area contributed by atoms with E-state index < -0.39 is 47.2 Å². The first-order valence-electron chi connectivity index (χ1n) is 13.9. The Balaban J connectivity index is 1.79. The molecule has 0 unspecified atom stereocenters. The van der Waals surface area contributed by atoms with Gasteiger partial charge in [0.05, 0.1) is 125 Å². The van der Waals surface area contributed by atoms with Crippen molar-refractivity contribution in [2.45, 2.75) is 6.42 Å². The fraction of sp³-hybridized carbons (Fsp3) is 0.741. The highest BCUT2D eigenvalue weighted by molar-refractivity contribution is 6.17. The third kappa shape index (κ3) is 19.6. The van der Waals surface area contributed by atoms with Gasteiger partial charge in [-0.2, -0.15) is 8.78 Å². The standard InChI is InChI=1S/C27H40ClF5O11/c28-2-4-36-6-8-38-10-12-40-14-16-42-18-20-43-19-17-41-15-13-39-11-9-37-7-5-35-3-1-21(34)44-27-25(32)23(30)22(29)24(31)26(27)33/h1-20H2. The van der Waals surface area contributed by atoms with Crippen LogP contribution in [0.2, 0.25) is 0 Å². The molecule has 0 fully saturated rings. The molecule has 11 nitrogen and oxygen atoms in total. The van der Waals surface area contributed by atoms with Crippen LogP contribution in [0, 0.1) is 29.1 Å². The Labute approximate surface area is 258 Å².